The fourth-order valence-corrected chi connectivity index (χ4v) is 2.19. The van der Waals surface area contributed by atoms with Crippen molar-refractivity contribution in [3.8, 4) is 0 Å². The zero-order valence-electron chi connectivity index (χ0n) is 10.6. The van der Waals surface area contributed by atoms with E-state index < -0.39 is 0 Å². The molecule has 14 heavy (non-hydrogen) atoms. The minimum absolute atomic E-state index is 0. The van der Waals surface area contributed by atoms with E-state index in [1.807, 2.05) is 0 Å². The first-order valence-electron chi connectivity index (χ1n) is 4.81. The van der Waals surface area contributed by atoms with Crippen LogP contribution in [0, 0.1) is 30.6 Å². The Balaban J connectivity index is -0.000000605. The second kappa shape index (κ2) is 8.21. The standard InChI is InChI=1S/C12H24.2Y/c1-10(2)8-12(6,7)9-11(3,4)5;;/h10H,1,6,8-9H2,2-5,7H3;;. The normalized spacial score (nSPS) is 17.3. The van der Waals surface area contributed by atoms with Crippen molar-refractivity contribution in [2.45, 2.75) is 47.5 Å². The first kappa shape index (κ1) is 21.4. The molecule has 78 valence electrons. The third kappa shape index (κ3) is 14.1. The number of hydrogen-bond acceptors (Lipinski definition) is 0. The average molecular weight is 346 g/mol. The summed E-state index contributed by atoms with van der Waals surface area (Å²) in [6.45, 7) is 19.5. The van der Waals surface area contributed by atoms with Crippen LogP contribution >= 0.6 is 0 Å². The van der Waals surface area contributed by atoms with Gasteiger partial charge in [0, 0.05) is 65.4 Å². The first-order valence-corrected chi connectivity index (χ1v) is 4.81. The van der Waals surface area contributed by atoms with Crippen molar-refractivity contribution < 1.29 is 65.4 Å². The topological polar surface area (TPSA) is 0 Å². The van der Waals surface area contributed by atoms with Crippen LogP contribution in [0.25, 0.3) is 0 Å². The Hall–Kier alpha value is 2.08. The molecule has 0 fully saturated rings. The third-order valence-corrected chi connectivity index (χ3v) is 1.80. The Labute approximate surface area is 142 Å². The second-order valence-corrected chi connectivity index (χ2v) is 5.86. The van der Waals surface area contributed by atoms with Crippen molar-refractivity contribution in [1.82, 2.24) is 0 Å². The molecule has 0 aromatic carbocycles. The van der Waals surface area contributed by atoms with Gasteiger partial charge in [-0.25, -0.2) is 0 Å². The molecule has 0 saturated heterocycles. The molecule has 0 aromatic rings. The Morgan fingerprint density at radius 3 is 1.71 bits per heavy atom. The number of rotatable bonds is 3. The predicted octanol–water partition coefficient (Wildman–Crippen LogP) is 4.12. The molecule has 0 aliphatic carbocycles. The fourth-order valence-electron chi connectivity index (χ4n) is 2.19. The molecule has 0 bridgehead atoms. The van der Waals surface area contributed by atoms with Gasteiger partial charge in [-0.15, -0.1) is 0 Å². The molecule has 2 atom stereocenters. The second-order valence-electron chi connectivity index (χ2n) is 5.86. The van der Waals surface area contributed by atoms with Gasteiger partial charge in [-0.1, -0.05) is 34.1 Å². The minimum atomic E-state index is 0. The molecule has 2 unspecified atom stereocenters. The summed E-state index contributed by atoms with van der Waals surface area (Å²) in [5.41, 5.74) is 0.574. The SMILES string of the molecule is [CH2+]C(C)CC([CH2-])(C)CC(C)(C)C.[Y].[Y]. The van der Waals surface area contributed by atoms with E-state index in [2.05, 4.69) is 48.5 Å². The Morgan fingerprint density at radius 1 is 1.14 bits per heavy atom. The van der Waals surface area contributed by atoms with Gasteiger partial charge < -0.3 is 6.92 Å². The van der Waals surface area contributed by atoms with Gasteiger partial charge in [0.05, 0.1) is 12.8 Å². The maximum atomic E-state index is 4.26. The van der Waals surface area contributed by atoms with E-state index in [1.54, 1.807) is 0 Å². The first-order chi connectivity index (χ1) is 5.12. The Morgan fingerprint density at radius 2 is 1.50 bits per heavy atom. The molecule has 0 aliphatic rings. The monoisotopic (exact) mass is 346 g/mol. The molecule has 2 radical (unpaired) electrons. The van der Waals surface area contributed by atoms with Crippen molar-refractivity contribution in [1.29, 1.82) is 0 Å². The molecular weight excluding hydrogens is 322 g/mol. The summed E-state index contributed by atoms with van der Waals surface area (Å²) in [5.74, 6) is 0.509. The molecule has 0 nitrogen and oxygen atoms in total. The van der Waals surface area contributed by atoms with Gasteiger partial charge in [0.15, 0.2) is 0 Å². The summed E-state index contributed by atoms with van der Waals surface area (Å²) in [5, 5.41) is 0. The van der Waals surface area contributed by atoms with E-state index in [0.717, 1.165) is 6.42 Å². The van der Waals surface area contributed by atoms with Crippen LogP contribution in [0.1, 0.15) is 47.5 Å². The van der Waals surface area contributed by atoms with Crippen molar-refractivity contribution in [3.05, 3.63) is 13.8 Å². The van der Waals surface area contributed by atoms with Crippen molar-refractivity contribution >= 4 is 0 Å². The van der Waals surface area contributed by atoms with Gasteiger partial charge in [0.1, 0.15) is 0 Å². The summed E-state index contributed by atoms with van der Waals surface area (Å²) < 4.78 is 0. The Kier molecular flexibility index (Phi) is 12.5. The van der Waals surface area contributed by atoms with Crippen LogP contribution in [0.5, 0.6) is 0 Å². The van der Waals surface area contributed by atoms with Crippen molar-refractivity contribution in [3.63, 3.8) is 0 Å². The van der Waals surface area contributed by atoms with E-state index in [4.69, 9.17) is 0 Å². The minimum Gasteiger partial charge on any atom is -0.337 e. The molecule has 0 rings (SSSR count). The molecule has 2 heteroatoms. The third-order valence-electron chi connectivity index (χ3n) is 1.80. The molecule has 0 spiro atoms. The van der Waals surface area contributed by atoms with Crippen LogP contribution < -0.4 is 0 Å². The van der Waals surface area contributed by atoms with Crippen LogP contribution in [0.15, 0.2) is 0 Å². The molecular formula is C12H24Y2. The molecule has 0 N–H and O–H groups in total. The van der Waals surface area contributed by atoms with Gasteiger partial charge in [-0.2, -0.15) is 5.41 Å². The maximum absolute atomic E-state index is 4.26. The Bertz CT molecular complexity index is 132. The molecule has 0 aromatic heterocycles. The van der Waals surface area contributed by atoms with Crippen LogP contribution in [0.3, 0.4) is 0 Å². The van der Waals surface area contributed by atoms with E-state index in [1.165, 1.54) is 6.42 Å². The predicted molar refractivity (Wildman–Crippen MR) is 56.7 cm³/mol. The van der Waals surface area contributed by atoms with Crippen molar-refractivity contribution in [2.24, 2.45) is 16.7 Å². The summed E-state index contributed by atoms with van der Waals surface area (Å²) >= 11 is 0. The largest absolute Gasteiger partial charge is 0.337 e. The molecule has 0 amide bonds. The van der Waals surface area contributed by atoms with E-state index >= 15 is 0 Å². The molecule has 0 heterocycles. The van der Waals surface area contributed by atoms with Gasteiger partial charge in [-0.05, 0) is 18.8 Å². The molecule has 0 saturated carbocycles. The van der Waals surface area contributed by atoms with E-state index in [-0.39, 0.29) is 70.8 Å². The summed E-state index contributed by atoms with van der Waals surface area (Å²) in [6, 6.07) is 0. The fraction of sp³-hybridized carbons (Fsp3) is 0.833. The van der Waals surface area contributed by atoms with Crippen LogP contribution in [-0.4, -0.2) is 0 Å². The van der Waals surface area contributed by atoms with E-state index in [9.17, 15) is 0 Å². The quantitative estimate of drug-likeness (QED) is 0.675. The average Bonchev–Trinajstić information content (AvgIpc) is 1.48. The van der Waals surface area contributed by atoms with Crippen molar-refractivity contribution in [2.75, 3.05) is 0 Å². The van der Waals surface area contributed by atoms with Crippen LogP contribution in [-0.2, 0) is 65.4 Å². The van der Waals surface area contributed by atoms with Crippen LogP contribution in [0.2, 0.25) is 0 Å². The summed E-state index contributed by atoms with van der Waals surface area (Å²) in [7, 11) is 0. The summed E-state index contributed by atoms with van der Waals surface area (Å²) in [6.07, 6.45) is 2.28. The van der Waals surface area contributed by atoms with Gasteiger partial charge >= 0.3 is 0 Å². The maximum Gasteiger partial charge on any atom is 0.0905 e. The number of hydrogen-bond donors (Lipinski definition) is 0. The molecule has 0 aliphatic heterocycles. The zero-order chi connectivity index (χ0) is 9.99. The van der Waals surface area contributed by atoms with Gasteiger partial charge in [0.25, 0.3) is 0 Å². The summed E-state index contributed by atoms with van der Waals surface area (Å²) in [4.78, 5) is 0. The van der Waals surface area contributed by atoms with E-state index in [0.29, 0.717) is 11.3 Å². The smallest absolute Gasteiger partial charge is 0.0905 e. The van der Waals surface area contributed by atoms with Gasteiger partial charge in [-0.3, -0.25) is 0 Å². The zero-order valence-corrected chi connectivity index (χ0v) is 16.2. The van der Waals surface area contributed by atoms with Gasteiger partial charge in [0.2, 0.25) is 0 Å². The van der Waals surface area contributed by atoms with Crippen LogP contribution in [0.4, 0.5) is 0 Å².